The Balaban J connectivity index is 1.18. The maximum atomic E-state index is 6.31. The molecule has 40 heavy (non-hydrogen) atoms. The lowest BCUT2D eigenvalue weighted by Gasteiger charge is -2.11. The first-order valence-electron chi connectivity index (χ1n) is 13.1. The van der Waals surface area contributed by atoms with Crippen LogP contribution >= 0.6 is 12.2 Å². The molecule has 7 heteroatoms. The number of hydrogen-bond acceptors (Lipinski definition) is 5. The Morgan fingerprint density at radius 2 is 1.27 bits per heavy atom. The molecule has 0 unspecified atom stereocenters. The normalized spacial score (nSPS) is 10.8. The van der Waals surface area contributed by atoms with Gasteiger partial charge in [0.1, 0.15) is 17.9 Å². The fourth-order valence-electron chi connectivity index (χ4n) is 4.64. The first-order valence-corrected chi connectivity index (χ1v) is 13.5. The van der Waals surface area contributed by atoms with Crippen LogP contribution in [0.3, 0.4) is 0 Å². The molecule has 0 atom stereocenters. The highest BCUT2D eigenvalue weighted by Crippen LogP contribution is 2.42. The number of aromatic nitrogens is 2. The van der Waals surface area contributed by atoms with Crippen molar-refractivity contribution in [2.24, 2.45) is 0 Å². The smallest absolute Gasteiger partial charge is 0.232 e. The second-order valence-electron chi connectivity index (χ2n) is 9.26. The summed E-state index contributed by atoms with van der Waals surface area (Å²) in [6, 6.07) is 38.5. The van der Waals surface area contributed by atoms with Gasteiger partial charge < -0.3 is 20.4 Å². The second-order valence-corrected chi connectivity index (χ2v) is 9.67. The number of furan rings is 1. The van der Waals surface area contributed by atoms with Crippen molar-refractivity contribution in [3.63, 3.8) is 0 Å². The van der Waals surface area contributed by atoms with Gasteiger partial charge in [-0.3, -0.25) is 0 Å². The van der Waals surface area contributed by atoms with Gasteiger partial charge in [-0.05, 0) is 54.0 Å². The zero-order valence-electron chi connectivity index (χ0n) is 21.7. The maximum Gasteiger partial charge on any atom is 0.232 e. The van der Waals surface area contributed by atoms with Crippen LogP contribution in [0.2, 0.25) is 0 Å². The molecule has 0 spiro atoms. The van der Waals surface area contributed by atoms with E-state index in [1.807, 2.05) is 91.0 Å². The van der Waals surface area contributed by atoms with Crippen molar-refractivity contribution in [2.45, 2.75) is 6.42 Å². The molecule has 0 aliphatic rings. The van der Waals surface area contributed by atoms with Crippen LogP contribution in [0.1, 0.15) is 5.56 Å². The first-order chi connectivity index (χ1) is 19.7. The number of para-hydroxylation sites is 1. The lowest BCUT2D eigenvalue weighted by atomic mass is 9.99. The molecule has 6 rings (SSSR count). The number of benzene rings is 4. The Bertz CT molecular complexity index is 1720. The second kappa shape index (κ2) is 11.8. The predicted molar refractivity (Wildman–Crippen MR) is 168 cm³/mol. The quantitative estimate of drug-likeness (QED) is 0.168. The SMILES string of the molecule is S=C(Nc1ccccc1)Nc1ccc(CCNc2ncnc3oc(-c4ccccc4)c(-c4ccccc4)c23)cc1. The van der Waals surface area contributed by atoms with E-state index in [2.05, 4.69) is 50.2 Å². The zero-order valence-corrected chi connectivity index (χ0v) is 22.5. The minimum atomic E-state index is 0.553. The summed E-state index contributed by atoms with van der Waals surface area (Å²) in [5, 5.41) is 11.4. The Morgan fingerprint density at radius 3 is 1.95 bits per heavy atom. The van der Waals surface area contributed by atoms with Crippen molar-refractivity contribution >= 4 is 45.6 Å². The largest absolute Gasteiger partial charge is 0.437 e. The van der Waals surface area contributed by atoms with Crippen LogP contribution in [0.15, 0.2) is 126 Å². The molecule has 0 saturated heterocycles. The molecular weight excluding hydrogens is 514 g/mol. The van der Waals surface area contributed by atoms with Gasteiger partial charge in [-0.25, -0.2) is 9.97 Å². The Kier molecular flexibility index (Phi) is 7.46. The minimum absolute atomic E-state index is 0.553. The molecule has 0 aliphatic carbocycles. The summed E-state index contributed by atoms with van der Waals surface area (Å²) in [6.07, 6.45) is 2.37. The summed E-state index contributed by atoms with van der Waals surface area (Å²) in [5.41, 5.74) is 6.68. The topological polar surface area (TPSA) is 75.0 Å². The van der Waals surface area contributed by atoms with Gasteiger partial charge in [0.25, 0.3) is 0 Å². The number of rotatable bonds is 8. The van der Waals surface area contributed by atoms with Crippen molar-refractivity contribution in [1.82, 2.24) is 9.97 Å². The van der Waals surface area contributed by atoms with E-state index in [0.29, 0.717) is 17.4 Å². The first kappa shape index (κ1) is 25.3. The van der Waals surface area contributed by atoms with Crippen molar-refractivity contribution < 1.29 is 4.42 Å². The molecule has 2 aromatic heterocycles. The lowest BCUT2D eigenvalue weighted by molar-refractivity contribution is 0.618. The van der Waals surface area contributed by atoms with Gasteiger partial charge in [0, 0.05) is 29.0 Å². The van der Waals surface area contributed by atoms with Crippen molar-refractivity contribution in [3.8, 4) is 22.5 Å². The van der Waals surface area contributed by atoms with Crippen LogP contribution < -0.4 is 16.0 Å². The molecular formula is C33H27N5OS. The zero-order chi connectivity index (χ0) is 27.1. The van der Waals surface area contributed by atoms with Gasteiger partial charge in [0.15, 0.2) is 5.11 Å². The Morgan fingerprint density at radius 1 is 0.675 bits per heavy atom. The van der Waals surface area contributed by atoms with Crippen molar-refractivity contribution in [3.05, 3.63) is 127 Å². The van der Waals surface area contributed by atoms with Gasteiger partial charge in [-0.1, -0.05) is 91.0 Å². The average molecular weight is 542 g/mol. The van der Waals surface area contributed by atoms with Crippen LogP contribution in [0.25, 0.3) is 33.6 Å². The fraction of sp³-hybridized carbons (Fsp3) is 0.0606. The van der Waals surface area contributed by atoms with Crippen LogP contribution in [-0.2, 0) is 6.42 Å². The fourth-order valence-corrected chi connectivity index (χ4v) is 4.87. The molecule has 0 fully saturated rings. The minimum Gasteiger partial charge on any atom is -0.437 e. The molecule has 0 radical (unpaired) electrons. The molecule has 0 saturated carbocycles. The van der Waals surface area contributed by atoms with E-state index >= 15 is 0 Å². The van der Waals surface area contributed by atoms with E-state index in [-0.39, 0.29) is 0 Å². The van der Waals surface area contributed by atoms with E-state index in [4.69, 9.17) is 16.6 Å². The monoisotopic (exact) mass is 541 g/mol. The van der Waals surface area contributed by atoms with Crippen LogP contribution in [-0.4, -0.2) is 21.6 Å². The molecule has 2 heterocycles. The third kappa shape index (κ3) is 5.70. The van der Waals surface area contributed by atoms with Crippen LogP contribution in [0, 0.1) is 0 Å². The molecule has 0 aliphatic heterocycles. The number of fused-ring (bicyclic) bond motifs is 1. The molecule has 4 aromatic carbocycles. The standard InChI is InChI=1S/C33H27N5OS/c40-33(37-26-14-8-3-9-15-26)38-27-18-16-23(17-19-27)20-21-34-31-29-28(24-10-4-1-5-11-24)30(25-12-6-2-7-13-25)39-32(29)36-22-35-31/h1-19,22H,20-21H2,(H,34,35,36)(H2,37,38,40). The predicted octanol–water partition coefficient (Wildman–Crippen LogP) is 8.02. The molecule has 3 N–H and O–H groups in total. The van der Waals surface area contributed by atoms with E-state index in [1.165, 1.54) is 5.56 Å². The Labute approximate surface area is 238 Å². The number of thiocarbonyl (C=S) groups is 1. The number of anilines is 3. The van der Waals surface area contributed by atoms with E-state index < -0.39 is 0 Å². The number of nitrogens with one attached hydrogen (secondary N) is 3. The average Bonchev–Trinajstić information content (AvgIpc) is 3.40. The molecule has 6 aromatic rings. The summed E-state index contributed by atoms with van der Waals surface area (Å²) >= 11 is 5.44. The lowest BCUT2D eigenvalue weighted by Crippen LogP contribution is -2.18. The van der Waals surface area contributed by atoms with E-state index in [0.717, 1.165) is 51.5 Å². The number of nitrogens with zero attached hydrogens (tertiary/aromatic N) is 2. The van der Waals surface area contributed by atoms with Crippen LogP contribution in [0.4, 0.5) is 17.2 Å². The summed E-state index contributed by atoms with van der Waals surface area (Å²) in [4.78, 5) is 9.06. The molecule has 196 valence electrons. The maximum absolute atomic E-state index is 6.31. The highest BCUT2D eigenvalue weighted by atomic mass is 32.1. The highest BCUT2D eigenvalue weighted by molar-refractivity contribution is 7.80. The third-order valence-corrected chi connectivity index (χ3v) is 6.74. The molecule has 6 nitrogen and oxygen atoms in total. The summed E-state index contributed by atoms with van der Waals surface area (Å²) < 4.78 is 6.31. The van der Waals surface area contributed by atoms with Gasteiger partial charge in [-0.15, -0.1) is 0 Å². The van der Waals surface area contributed by atoms with Gasteiger partial charge in [0.05, 0.1) is 5.39 Å². The summed E-state index contributed by atoms with van der Waals surface area (Å²) in [6.45, 7) is 0.701. The molecule has 0 amide bonds. The van der Waals surface area contributed by atoms with Crippen molar-refractivity contribution in [2.75, 3.05) is 22.5 Å². The molecule has 0 bridgehead atoms. The van der Waals surface area contributed by atoms with Gasteiger partial charge in [0.2, 0.25) is 5.71 Å². The van der Waals surface area contributed by atoms with Gasteiger partial charge >= 0.3 is 0 Å². The van der Waals surface area contributed by atoms with Crippen LogP contribution in [0.5, 0.6) is 0 Å². The van der Waals surface area contributed by atoms with E-state index in [1.54, 1.807) is 6.33 Å². The number of hydrogen-bond donors (Lipinski definition) is 3. The highest BCUT2D eigenvalue weighted by Gasteiger charge is 2.21. The van der Waals surface area contributed by atoms with E-state index in [9.17, 15) is 0 Å². The van der Waals surface area contributed by atoms with Gasteiger partial charge in [-0.2, -0.15) is 0 Å². The van der Waals surface area contributed by atoms with Crippen molar-refractivity contribution in [1.29, 1.82) is 0 Å². The third-order valence-electron chi connectivity index (χ3n) is 6.54. The summed E-state index contributed by atoms with van der Waals surface area (Å²) in [7, 11) is 0. The summed E-state index contributed by atoms with van der Waals surface area (Å²) in [5.74, 6) is 1.54. The Hall–Kier alpha value is -5.01.